The molecule has 0 amide bonds. The van der Waals surface area contributed by atoms with Gasteiger partial charge >= 0.3 is 0 Å². The summed E-state index contributed by atoms with van der Waals surface area (Å²) < 4.78 is 55.1. The van der Waals surface area contributed by atoms with E-state index in [4.69, 9.17) is 11.6 Å². The van der Waals surface area contributed by atoms with Crippen molar-refractivity contribution in [2.45, 2.75) is 121 Å². The maximum atomic E-state index is 14.2. The van der Waals surface area contributed by atoms with Crippen LogP contribution in [-0.4, -0.2) is 8.80 Å². The van der Waals surface area contributed by atoms with Gasteiger partial charge in [-0.15, -0.1) is 0 Å². The standard InChI is InChI=1S/C27H41ClF4Si/c1-2-3-6-15-33-16-13-20(14-17-33)8-5-4-7-19-9-11-21(12-10-19)22-18-23(29)25(28)26(30)24(22)27(31)32/h18-21,27,33H,2-17H2,1H3/t19-,20?,21-,33?. The first kappa shape index (κ1) is 27.0. The Morgan fingerprint density at radius 1 is 0.909 bits per heavy atom. The van der Waals surface area contributed by atoms with E-state index in [0.717, 1.165) is 37.7 Å². The summed E-state index contributed by atoms with van der Waals surface area (Å²) in [6, 6.07) is 5.73. The molecule has 1 heterocycles. The van der Waals surface area contributed by atoms with Crippen molar-refractivity contribution in [2.75, 3.05) is 0 Å². The lowest BCUT2D eigenvalue weighted by Gasteiger charge is -2.31. The van der Waals surface area contributed by atoms with Gasteiger partial charge in [0.05, 0.1) is 5.56 Å². The highest BCUT2D eigenvalue weighted by molar-refractivity contribution is 6.58. The highest BCUT2D eigenvalue weighted by atomic mass is 35.5. The summed E-state index contributed by atoms with van der Waals surface area (Å²) in [4.78, 5) is 0. The van der Waals surface area contributed by atoms with E-state index in [2.05, 4.69) is 6.92 Å². The summed E-state index contributed by atoms with van der Waals surface area (Å²) in [6.45, 7) is 2.29. The number of hydrogen-bond donors (Lipinski definition) is 0. The van der Waals surface area contributed by atoms with Gasteiger partial charge in [-0.2, -0.15) is 0 Å². The quantitative estimate of drug-likeness (QED) is 0.122. The fourth-order valence-electron chi connectivity index (χ4n) is 6.31. The van der Waals surface area contributed by atoms with Gasteiger partial charge in [0.25, 0.3) is 6.43 Å². The molecule has 188 valence electrons. The minimum Gasteiger partial charge on any atom is -0.205 e. The van der Waals surface area contributed by atoms with E-state index in [0.29, 0.717) is 5.92 Å². The minimum absolute atomic E-state index is 0.122. The molecule has 0 aromatic heterocycles. The first-order chi connectivity index (χ1) is 15.9. The molecule has 1 saturated heterocycles. The molecule has 1 aliphatic carbocycles. The van der Waals surface area contributed by atoms with Crippen molar-refractivity contribution in [3.63, 3.8) is 0 Å². The molecule has 0 spiro atoms. The van der Waals surface area contributed by atoms with Gasteiger partial charge in [0, 0.05) is 8.80 Å². The molecule has 6 heteroatoms. The van der Waals surface area contributed by atoms with Gasteiger partial charge in [-0.3, -0.25) is 0 Å². The van der Waals surface area contributed by atoms with Crippen molar-refractivity contribution in [3.8, 4) is 0 Å². The molecule has 1 saturated carbocycles. The van der Waals surface area contributed by atoms with Gasteiger partial charge in [0.1, 0.15) is 10.8 Å². The molecule has 33 heavy (non-hydrogen) atoms. The summed E-state index contributed by atoms with van der Waals surface area (Å²) in [7, 11) is -0.414. The van der Waals surface area contributed by atoms with Crippen molar-refractivity contribution in [3.05, 3.63) is 33.9 Å². The fourth-order valence-corrected chi connectivity index (χ4v) is 10.1. The molecule has 1 aromatic rings. The summed E-state index contributed by atoms with van der Waals surface area (Å²) in [5.41, 5.74) is -0.579. The summed E-state index contributed by atoms with van der Waals surface area (Å²) in [6.07, 6.45) is 12.6. The number of alkyl halides is 2. The van der Waals surface area contributed by atoms with Crippen molar-refractivity contribution in [2.24, 2.45) is 11.8 Å². The first-order valence-electron chi connectivity index (χ1n) is 13.4. The zero-order valence-corrected chi connectivity index (χ0v) is 22.1. The summed E-state index contributed by atoms with van der Waals surface area (Å²) >= 11 is 5.54. The van der Waals surface area contributed by atoms with Crippen LogP contribution in [-0.2, 0) is 0 Å². The SMILES string of the molecule is CCCCC[SiH]1CCC(CCCC[C@H]2CC[C@H](c3cc(F)c(Cl)c(F)c3C(F)F)CC2)CC1. The second-order valence-electron chi connectivity index (χ2n) is 10.7. The molecule has 2 aliphatic rings. The van der Waals surface area contributed by atoms with Crippen molar-refractivity contribution < 1.29 is 17.6 Å². The van der Waals surface area contributed by atoms with E-state index in [1.165, 1.54) is 57.8 Å². The van der Waals surface area contributed by atoms with Crippen LogP contribution in [0.3, 0.4) is 0 Å². The molecule has 3 rings (SSSR count). The second kappa shape index (κ2) is 13.5. The van der Waals surface area contributed by atoms with Crippen molar-refractivity contribution in [1.82, 2.24) is 0 Å². The average molecular weight is 505 g/mol. The molecular formula is C27H41ClF4Si. The Kier molecular flexibility index (Phi) is 11.1. The molecular weight excluding hydrogens is 464 g/mol. The molecule has 1 aromatic carbocycles. The lowest BCUT2D eigenvalue weighted by Crippen LogP contribution is -2.21. The second-order valence-corrected chi connectivity index (χ2v) is 14.5. The van der Waals surface area contributed by atoms with Crippen LogP contribution < -0.4 is 0 Å². The van der Waals surface area contributed by atoms with Gasteiger partial charge in [-0.05, 0) is 55.1 Å². The Morgan fingerprint density at radius 3 is 2.09 bits per heavy atom. The van der Waals surface area contributed by atoms with Crippen LogP contribution in [0.4, 0.5) is 17.6 Å². The Hall–Kier alpha value is -0.553. The van der Waals surface area contributed by atoms with Crippen LogP contribution in [0.15, 0.2) is 6.07 Å². The third kappa shape index (κ3) is 7.72. The number of halogens is 5. The van der Waals surface area contributed by atoms with Crippen LogP contribution in [0.25, 0.3) is 0 Å². The maximum absolute atomic E-state index is 14.2. The Labute approximate surface area is 204 Å². The molecule has 0 bridgehead atoms. The third-order valence-electron chi connectivity index (χ3n) is 8.39. The first-order valence-corrected chi connectivity index (χ1v) is 16.2. The maximum Gasteiger partial charge on any atom is 0.267 e. The molecule has 0 radical (unpaired) electrons. The highest BCUT2D eigenvalue weighted by Crippen LogP contribution is 2.43. The molecule has 0 N–H and O–H groups in total. The fraction of sp³-hybridized carbons (Fsp3) is 0.778. The number of rotatable bonds is 11. The van der Waals surface area contributed by atoms with E-state index < -0.39 is 37.4 Å². The van der Waals surface area contributed by atoms with Crippen LogP contribution in [0.5, 0.6) is 0 Å². The van der Waals surface area contributed by atoms with Gasteiger partial charge in [0.2, 0.25) is 0 Å². The minimum atomic E-state index is -2.98. The Balaban J connectivity index is 1.36. The van der Waals surface area contributed by atoms with Crippen molar-refractivity contribution >= 4 is 20.4 Å². The lowest BCUT2D eigenvalue weighted by molar-refractivity contribution is 0.143. The van der Waals surface area contributed by atoms with Crippen LogP contribution in [0, 0.1) is 23.5 Å². The zero-order valence-electron chi connectivity index (χ0n) is 20.2. The summed E-state index contributed by atoms with van der Waals surface area (Å²) in [5.74, 6) is -0.879. The molecule has 0 atom stereocenters. The molecule has 0 unspecified atom stereocenters. The molecule has 0 nitrogen and oxygen atoms in total. The van der Waals surface area contributed by atoms with E-state index in [9.17, 15) is 17.6 Å². The lowest BCUT2D eigenvalue weighted by atomic mass is 9.75. The largest absolute Gasteiger partial charge is 0.267 e. The molecule has 2 fully saturated rings. The average Bonchev–Trinajstić information content (AvgIpc) is 2.81. The number of benzene rings is 1. The smallest absolute Gasteiger partial charge is 0.205 e. The summed E-state index contributed by atoms with van der Waals surface area (Å²) in [5, 5.41) is -0.824. The van der Waals surface area contributed by atoms with Gasteiger partial charge in [0.15, 0.2) is 5.82 Å². The monoisotopic (exact) mass is 504 g/mol. The Morgan fingerprint density at radius 2 is 1.52 bits per heavy atom. The highest BCUT2D eigenvalue weighted by Gasteiger charge is 2.30. The number of unbranched alkanes of at least 4 members (excludes halogenated alkanes) is 3. The van der Waals surface area contributed by atoms with E-state index in [-0.39, 0.29) is 11.5 Å². The van der Waals surface area contributed by atoms with Gasteiger partial charge in [-0.25, -0.2) is 17.6 Å². The van der Waals surface area contributed by atoms with Crippen LogP contribution in [0.1, 0.15) is 114 Å². The third-order valence-corrected chi connectivity index (χ3v) is 12.3. The Bertz CT molecular complexity index is 725. The predicted octanol–water partition coefficient (Wildman–Crippen LogP) is 10.2. The van der Waals surface area contributed by atoms with Gasteiger partial charge < -0.3 is 0 Å². The van der Waals surface area contributed by atoms with Gasteiger partial charge in [-0.1, -0.05) is 94.4 Å². The van der Waals surface area contributed by atoms with E-state index in [1.807, 2.05) is 0 Å². The van der Waals surface area contributed by atoms with E-state index in [1.54, 1.807) is 18.1 Å². The normalized spacial score (nSPS) is 26.2. The zero-order chi connectivity index (χ0) is 23.8. The predicted molar refractivity (Wildman–Crippen MR) is 133 cm³/mol. The van der Waals surface area contributed by atoms with Crippen LogP contribution in [0.2, 0.25) is 23.2 Å². The number of hydrogen-bond acceptors (Lipinski definition) is 0. The van der Waals surface area contributed by atoms with Crippen LogP contribution >= 0.6 is 11.6 Å². The van der Waals surface area contributed by atoms with Crippen molar-refractivity contribution in [1.29, 1.82) is 0 Å². The topological polar surface area (TPSA) is 0 Å². The molecule has 1 aliphatic heterocycles. The van der Waals surface area contributed by atoms with E-state index >= 15 is 0 Å².